The number of fused-ring (bicyclic) bond motifs is 1. The van der Waals surface area contributed by atoms with Crippen LogP contribution in [0.2, 0.25) is 0 Å². The van der Waals surface area contributed by atoms with Gasteiger partial charge < -0.3 is 24.9 Å². The van der Waals surface area contributed by atoms with Crippen LogP contribution in [-0.2, 0) is 6.42 Å². The molecule has 1 heterocycles. The molecule has 0 spiro atoms. The molecule has 0 saturated carbocycles. The Labute approximate surface area is 203 Å². The topological polar surface area (TPSA) is 83.6 Å². The first-order valence-corrected chi connectivity index (χ1v) is 11.5. The van der Waals surface area contributed by atoms with Crippen LogP contribution >= 0.6 is 0 Å². The maximum Gasteiger partial charge on any atom is 0.255 e. The van der Waals surface area contributed by atoms with Crippen molar-refractivity contribution >= 4 is 16.8 Å². The number of aromatic nitrogens is 1. The van der Waals surface area contributed by atoms with Crippen molar-refractivity contribution in [1.29, 1.82) is 0 Å². The maximum absolute atomic E-state index is 13.5. The summed E-state index contributed by atoms with van der Waals surface area (Å²) in [6, 6.07) is 17.0. The van der Waals surface area contributed by atoms with Gasteiger partial charge in [0.05, 0.1) is 31.4 Å². The molecule has 1 atom stereocenters. The van der Waals surface area contributed by atoms with E-state index in [1.54, 1.807) is 31.5 Å². The molecule has 0 fully saturated rings. The maximum atomic E-state index is 13.5. The van der Waals surface area contributed by atoms with E-state index in [1.165, 1.54) is 12.1 Å². The molecule has 0 radical (unpaired) electrons. The molecule has 6 nitrogen and oxygen atoms in total. The summed E-state index contributed by atoms with van der Waals surface area (Å²) >= 11 is 0. The van der Waals surface area contributed by atoms with Gasteiger partial charge in [0.15, 0.2) is 0 Å². The number of para-hydroxylation sites is 1. The van der Waals surface area contributed by atoms with Gasteiger partial charge in [-0.25, -0.2) is 4.39 Å². The Hall–Kier alpha value is -3.84. The molecule has 35 heavy (non-hydrogen) atoms. The zero-order chi connectivity index (χ0) is 24.9. The Kier molecular flexibility index (Phi) is 7.36. The summed E-state index contributed by atoms with van der Waals surface area (Å²) in [5.41, 5.74) is 3.57. The molecule has 3 aromatic carbocycles. The fourth-order valence-corrected chi connectivity index (χ4v) is 4.13. The van der Waals surface area contributed by atoms with Crippen molar-refractivity contribution in [3.8, 4) is 22.6 Å². The summed E-state index contributed by atoms with van der Waals surface area (Å²) in [7, 11) is 1.60. The number of ether oxygens (including phenoxy) is 2. The summed E-state index contributed by atoms with van der Waals surface area (Å²) in [5, 5.41) is 13.8. The molecule has 7 heteroatoms. The number of carbonyl (C=O) groups is 1. The number of aromatic amines is 1. The van der Waals surface area contributed by atoms with Crippen molar-refractivity contribution in [2.75, 3.05) is 13.7 Å². The van der Waals surface area contributed by atoms with Gasteiger partial charge in [-0.3, -0.25) is 4.79 Å². The van der Waals surface area contributed by atoms with E-state index >= 15 is 0 Å². The number of aliphatic hydroxyl groups is 1. The number of hydrogen-bond donors (Lipinski definition) is 3. The lowest BCUT2D eigenvalue weighted by Crippen LogP contribution is -2.39. The number of rotatable bonds is 9. The number of hydrogen-bond acceptors (Lipinski definition) is 4. The molecular weight excluding hydrogens is 447 g/mol. The van der Waals surface area contributed by atoms with E-state index in [2.05, 4.69) is 10.3 Å². The summed E-state index contributed by atoms with van der Waals surface area (Å²) in [6.45, 7) is 3.53. The lowest BCUT2D eigenvalue weighted by molar-refractivity contribution is 0.0910. The number of amides is 1. The Balaban J connectivity index is 1.62. The molecule has 4 rings (SSSR count). The molecule has 1 amide bonds. The van der Waals surface area contributed by atoms with Crippen molar-refractivity contribution in [1.82, 2.24) is 10.3 Å². The van der Waals surface area contributed by atoms with E-state index in [9.17, 15) is 14.3 Å². The summed E-state index contributed by atoms with van der Waals surface area (Å²) in [4.78, 5) is 16.4. The van der Waals surface area contributed by atoms with Crippen LogP contribution in [0.15, 0.2) is 66.9 Å². The monoisotopic (exact) mass is 476 g/mol. The predicted molar refractivity (Wildman–Crippen MR) is 134 cm³/mol. The molecule has 1 unspecified atom stereocenters. The summed E-state index contributed by atoms with van der Waals surface area (Å²) in [6.07, 6.45) is 2.02. The molecule has 0 aliphatic rings. The first kappa shape index (κ1) is 24.3. The highest BCUT2D eigenvalue weighted by Crippen LogP contribution is 2.33. The number of aliphatic hydroxyl groups excluding tert-OH is 1. The largest absolute Gasteiger partial charge is 0.496 e. The quantitative estimate of drug-likeness (QED) is 0.314. The summed E-state index contributed by atoms with van der Waals surface area (Å²) in [5.74, 6) is 0.462. The second-order valence-electron chi connectivity index (χ2n) is 8.64. The second-order valence-corrected chi connectivity index (χ2v) is 8.64. The van der Waals surface area contributed by atoms with Crippen LogP contribution in [0, 0.1) is 5.82 Å². The van der Waals surface area contributed by atoms with Crippen LogP contribution in [0.3, 0.4) is 0 Å². The number of carbonyl (C=O) groups excluding carboxylic acids is 1. The highest BCUT2D eigenvalue weighted by molar-refractivity contribution is 5.98. The fourth-order valence-electron chi connectivity index (χ4n) is 4.13. The van der Waals surface area contributed by atoms with Gasteiger partial charge in [0.2, 0.25) is 0 Å². The van der Waals surface area contributed by atoms with E-state index in [1.807, 2.05) is 44.2 Å². The number of halogens is 1. The van der Waals surface area contributed by atoms with E-state index < -0.39 is 6.04 Å². The van der Waals surface area contributed by atoms with Gasteiger partial charge >= 0.3 is 0 Å². The predicted octanol–water partition coefficient (Wildman–Crippen LogP) is 5.10. The zero-order valence-corrected chi connectivity index (χ0v) is 20.0. The van der Waals surface area contributed by atoms with Crippen LogP contribution in [-0.4, -0.2) is 41.9 Å². The van der Waals surface area contributed by atoms with Gasteiger partial charge in [0.25, 0.3) is 5.91 Å². The van der Waals surface area contributed by atoms with Crippen LogP contribution in [0.4, 0.5) is 4.39 Å². The van der Waals surface area contributed by atoms with Crippen LogP contribution in [0.1, 0.15) is 29.8 Å². The Bertz CT molecular complexity index is 1330. The van der Waals surface area contributed by atoms with Gasteiger partial charge in [-0.05, 0) is 67.8 Å². The molecule has 1 aromatic heterocycles. The first-order valence-electron chi connectivity index (χ1n) is 11.5. The van der Waals surface area contributed by atoms with Crippen molar-refractivity contribution in [3.05, 3.63) is 83.8 Å². The Morgan fingerprint density at radius 3 is 2.63 bits per heavy atom. The minimum atomic E-state index is -0.548. The van der Waals surface area contributed by atoms with E-state index in [0.717, 1.165) is 22.1 Å². The van der Waals surface area contributed by atoms with E-state index in [-0.39, 0.29) is 24.4 Å². The molecule has 4 aromatic rings. The Morgan fingerprint density at radius 2 is 1.89 bits per heavy atom. The number of methoxy groups -OCH3 is 1. The highest BCUT2D eigenvalue weighted by atomic mass is 19.1. The van der Waals surface area contributed by atoms with Gasteiger partial charge in [-0.1, -0.05) is 24.3 Å². The SMILES string of the molecule is COc1ccccc1-c1ccc(OC(C)C)c(C(=O)NC(CO)Cc2c[nH]c3cc(F)ccc23)c1. The molecular formula is C28H29FN2O4. The molecule has 182 valence electrons. The van der Waals surface area contributed by atoms with Crippen molar-refractivity contribution < 1.29 is 23.8 Å². The third-order valence-corrected chi connectivity index (χ3v) is 5.76. The average molecular weight is 477 g/mol. The van der Waals surface area contributed by atoms with Crippen LogP contribution < -0.4 is 14.8 Å². The smallest absolute Gasteiger partial charge is 0.255 e. The molecule has 0 aliphatic carbocycles. The van der Waals surface area contributed by atoms with Crippen molar-refractivity contribution in [2.24, 2.45) is 0 Å². The van der Waals surface area contributed by atoms with Gasteiger partial charge in [-0.15, -0.1) is 0 Å². The highest BCUT2D eigenvalue weighted by Gasteiger charge is 2.21. The van der Waals surface area contributed by atoms with Crippen LogP contribution in [0.5, 0.6) is 11.5 Å². The molecule has 0 saturated heterocycles. The summed E-state index contributed by atoms with van der Waals surface area (Å²) < 4.78 is 24.9. The Morgan fingerprint density at radius 1 is 1.09 bits per heavy atom. The minimum absolute atomic E-state index is 0.126. The van der Waals surface area contributed by atoms with Gasteiger partial charge in [0, 0.05) is 22.7 Å². The van der Waals surface area contributed by atoms with E-state index in [0.29, 0.717) is 29.0 Å². The lowest BCUT2D eigenvalue weighted by atomic mass is 10.00. The second kappa shape index (κ2) is 10.6. The van der Waals surface area contributed by atoms with Gasteiger partial charge in [0.1, 0.15) is 17.3 Å². The minimum Gasteiger partial charge on any atom is -0.496 e. The molecule has 0 bridgehead atoms. The third kappa shape index (κ3) is 5.46. The fraction of sp³-hybridized carbons (Fsp3) is 0.250. The van der Waals surface area contributed by atoms with E-state index in [4.69, 9.17) is 9.47 Å². The molecule has 0 aliphatic heterocycles. The molecule has 3 N–H and O–H groups in total. The number of H-pyrrole nitrogens is 1. The van der Waals surface area contributed by atoms with Gasteiger partial charge in [-0.2, -0.15) is 0 Å². The average Bonchev–Trinajstić information content (AvgIpc) is 3.24. The number of nitrogens with one attached hydrogen (secondary N) is 2. The third-order valence-electron chi connectivity index (χ3n) is 5.76. The van der Waals surface area contributed by atoms with Crippen molar-refractivity contribution in [3.63, 3.8) is 0 Å². The first-order chi connectivity index (χ1) is 16.9. The zero-order valence-electron chi connectivity index (χ0n) is 20.0. The lowest BCUT2D eigenvalue weighted by Gasteiger charge is -2.20. The van der Waals surface area contributed by atoms with Crippen LogP contribution in [0.25, 0.3) is 22.0 Å². The number of benzene rings is 3. The van der Waals surface area contributed by atoms with Crippen molar-refractivity contribution in [2.45, 2.75) is 32.4 Å². The normalized spacial score (nSPS) is 12.1. The standard InChI is InChI=1S/C28H29FN2O4/c1-17(2)35-27-11-8-18(23-6-4-5-7-26(23)34-3)13-24(27)28(33)31-21(16-32)12-19-15-30-25-14-20(29)9-10-22(19)25/h4-11,13-15,17,21,30,32H,12,16H2,1-3H3,(H,31,33).